The Morgan fingerprint density at radius 1 is 1.32 bits per heavy atom. The maximum absolute atomic E-state index is 11.6. The molecule has 0 bridgehead atoms. The van der Waals surface area contributed by atoms with Crippen molar-refractivity contribution in [3.05, 3.63) is 36.4 Å². The van der Waals surface area contributed by atoms with E-state index in [0.29, 0.717) is 12.3 Å². The average Bonchev–Trinajstić information content (AvgIpc) is 2.39. The minimum atomic E-state index is -0.646. The fourth-order valence-corrected chi connectivity index (χ4v) is 1.86. The molecule has 0 aliphatic rings. The fourth-order valence-electron chi connectivity index (χ4n) is 1.86. The first-order chi connectivity index (χ1) is 9.11. The Balaban J connectivity index is 2.25. The van der Waals surface area contributed by atoms with Crippen LogP contribution in [-0.2, 0) is 4.79 Å². The number of aromatic hydroxyl groups is 1. The topological polar surface area (TPSA) is 58.6 Å². The first-order valence-electron chi connectivity index (χ1n) is 6.28. The van der Waals surface area contributed by atoms with Crippen molar-refractivity contribution in [3.8, 4) is 11.5 Å². The Hall–Kier alpha value is -2.23. The van der Waals surface area contributed by atoms with Gasteiger partial charge in [-0.2, -0.15) is 0 Å². The summed E-state index contributed by atoms with van der Waals surface area (Å²) in [6.45, 7) is 4.05. The summed E-state index contributed by atoms with van der Waals surface area (Å²) in [5.74, 6) is 0.155. The first kappa shape index (κ1) is 13.2. The lowest BCUT2D eigenvalue weighted by Gasteiger charge is -2.15. The van der Waals surface area contributed by atoms with E-state index < -0.39 is 6.10 Å². The Labute approximate surface area is 112 Å². The highest BCUT2D eigenvalue weighted by atomic mass is 16.5. The highest BCUT2D eigenvalue weighted by Crippen LogP contribution is 2.31. The van der Waals surface area contributed by atoms with E-state index in [2.05, 4.69) is 5.32 Å². The summed E-state index contributed by atoms with van der Waals surface area (Å²) in [5.41, 5.74) is 0. The lowest BCUT2D eigenvalue weighted by atomic mass is 10.1. The van der Waals surface area contributed by atoms with Gasteiger partial charge in [0.1, 0.15) is 0 Å². The third kappa shape index (κ3) is 2.96. The van der Waals surface area contributed by atoms with Crippen molar-refractivity contribution in [2.45, 2.75) is 20.0 Å². The Morgan fingerprint density at radius 3 is 2.58 bits per heavy atom. The monoisotopic (exact) mass is 259 g/mol. The molecule has 0 fully saturated rings. The minimum absolute atomic E-state index is 0.0369. The molecule has 0 saturated heterocycles. The summed E-state index contributed by atoms with van der Waals surface area (Å²) in [6.07, 6.45) is -0.646. The molecule has 2 aromatic rings. The predicted octanol–water partition coefficient (Wildman–Crippen LogP) is 2.45. The number of hydrogen-bond acceptors (Lipinski definition) is 3. The van der Waals surface area contributed by atoms with Crippen LogP contribution in [0.25, 0.3) is 10.8 Å². The molecule has 0 aromatic heterocycles. The minimum Gasteiger partial charge on any atom is -0.504 e. The molecule has 2 rings (SSSR count). The molecule has 0 spiro atoms. The standard InChI is InChI=1S/C15H17NO3/c1-3-16-15(18)10(2)19-14-9-12-7-5-4-6-11(12)8-13(14)17/h4-10,17H,3H2,1-2H3,(H,16,18). The van der Waals surface area contributed by atoms with Crippen LogP contribution < -0.4 is 10.1 Å². The number of amides is 1. The zero-order chi connectivity index (χ0) is 13.8. The number of hydrogen-bond donors (Lipinski definition) is 2. The predicted molar refractivity (Wildman–Crippen MR) is 74.4 cm³/mol. The van der Waals surface area contributed by atoms with Crippen molar-refractivity contribution in [3.63, 3.8) is 0 Å². The van der Waals surface area contributed by atoms with Crippen molar-refractivity contribution >= 4 is 16.7 Å². The molecule has 0 heterocycles. The average molecular weight is 259 g/mol. The number of ether oxygens (including phenoxy) is 1. The number of benzene rings is 2. The molecule has 0 saturated carbocycles. The second-order valence-electron chi connectivity index (χ2n) is 4.32. The van der Waals surface area contributed by atoms with Crippen LogP contribution in [0.1, 0.15) is 13.8 Å². The number of phenolic OH excluding ortho intramolecular Hbond substituents is 1. The lowest BCUT2D eigenvalue weighted by molar-refractivity contribution is -0.127. The van der Waals surface area contributed by atoms with Gasteiger partial charge >= 0.3 is 0 Å². The summed E-state index contributed by atoms with van der Waals surface area (Å²) >= 11 is 0. The molecular formula is C15H17NO3. The van der Waals surface area contributed by atoms with Crippen molar-refractivity contribution in [2.24, 2.45) is 0 Å². The molecule has 0 radical (unpaired) electrons. The largest absolute Gasteiger partial charge is 0.504 e. The second-order valence-corrected chi connectivity index (χ2v) is 4.32. The van der Waals surface area contributed by atoms with Crippen LogP contribution in [-0.4, -0.2) is 23.7 Å². The molecule has 4 heteroatoms. The van der Waals surface area contributed by atoms with Crippen LogP contribution in [0, 0.1) is 0 Å². The van der Waals surface area contributed by atoms with Crippen LogP contribution in [0.5, 0.6) is 11.5 Å². The summed E-state index contributed by atoms with van der Waals surface area (Å²) in [4.78, 5) is 11.6. The Kier molecular flexibility index (Phi) is 3.90. The van der Waals surface area contributed by atoms with Gasteiger partial charge in [0, 0.05) is 6.54 Å². The number of nitrogens with one attached hydrogen (secondary N) is 1. The van der Waals surface area contributed by atoms with Crippen molar-refractivity contribution in [2.75, 3.05) is 6.54 Å². The van der Waals surface area contributed by atoms with Gasteiger partial charge in [0.25, 0.3) is 5.91 Å². The van der Waals surface area contributed by atoms with Gasteiger partial charge in [0.2, 0.25) is 0 Å². The Bertz CT molecular complexity index is 595. The van der Waals surface area contributed by atoms with Crippen molar-refractivity contribution in [1.29, 1.82) is 0 Å². The molecule has 4 nitrogen and oxygen atoms in total. The molecular weight excluding hydrogens is 242 g/mol. The highest BCUT2D eigenvalue weighted by molar-refractivity contribution is 5.86. The maximum Gasteiger partial charge on any atom is 0.260 e. The van der Waals surface area contributed by atoms with E-state index >= 15 is 0 Å². The maximum atomic E-state index is 11.6. The van der Waals surface area contributed by atoms with E-state index in [1.54, 1.807) is 19.1 Å². The number of likely N-dealkylation sites (N-methyl/N-ethyl adjacent to an activating group) is 1. The van der Waals surface area contributed by atoms with Crippen molar-refractivity contribution < 1.29 is 14.6 Å². The lowest BCUT2D eigenvalue weighted by Crippen LogP contribution is -2.36. The number of fused-ring (bicyclic) bond motifs is 1. The first-order valence-corrected chi connectivity index (χ1v) is 6.28. The smallest absolute Gasteiger partial charge is 0.260 e. The van der Waals surface area contributed by atoms with Gasteiger partial charge in [-0.15, -0.1) is 0 Å². The van der Waals surface area contributed by atoms with E-state index in [1.165, 1.54) is 0 Å². The number of carbonyl (C=O) groups excluding carboxylic acids is 1. The molecule has 1 atom stereocenters. The second kappa shape index (κ2) is 5.61. The molecule has 19 heavy (non-hydrogen) atoms. The molecule has 100 valence electrons. The van der Waals surface area contributed by atoms with Crippen LogP contribution in [0.15, 0.2) is 36.4 Å². The number of carbonyl (C=O) groups is 1. The molecule has 1 amide bonds. The van der Waals surface area contributed by atoms with Gasteiger partial charge in [-0.25, -0.2) is 0 Å². The van der Waals surface area contributed by atoms with Crippen LogP contribution in [0.4, 0.5) is 0 Å². The number of rotatable bonds is 4. The zero-order valence-corrected chi connectivity index (χ0v) is 11.0. The summed E-state index contributed by atoms with van der Waals surface area (Å²) in [7, 11) is 0. The number of phenols is 1. The van der Waals surface area contributed by atoms with E-state index in [9.17, 15) is 9.90 Å². The van der Waals surface area contributed by atoms with E-state index in [1.807, 2.05) is 31.2 Å². The van der Waals surface area contributed by atoms with Crippen LogP contribution >= 0.6 is 0 Å². The Morgan fingerprint density at radius 2 is 1.95 bits per heavy atom. The summed E-state index contributed by atoms with van der Waals surface area (Å²) < 4.78 is 5.51. The van der Waals surface area contributed by atoms with Gasteiger partial charge in [-0.1, -0.05) is 24.3 Å². The van der Waals surface area contributed by atoms with Gasteiger partial charge in [-0.05, 0) is 36.8 Å². The van der Waals surface area contributed by atoms with E-state index in [-0.39, 0.29) is 11.7 Å². The van der Waals surface area contributed by atoms with Gasteiger partial charge < -0.3 is 15.2 Å². The molecule has 2 aromatic carbocycles. The third-order valence-electron chi connectivity index (χ3n) is 2.85. The molecule has 0 aliphatic carbocycles. The quantitative estimate of drug-likeness (QED) is 0.886. The third-order valence-corrected chi connectivity index (χ3v) is 2.85. The van der Waals surface area contributed by atoms with E-state index in [0.717, 1.165) is 10.8 Å². The fraction of sp³-hybridized carbons (Fsp3) is 0.267. The highest BCUT2D eigenvalue weighted by Gasteiger charge is 2.15. The van der Waals surface area contributed by atoms with Gasteiger partial charge in [0.15, 0.2) is 17.6 Å². The van der Waals surface area contributed by atoms with Crippen LogP contribution in [0.2, 0.25) is 0 Å². The molecule has 0 aliphatic heterocycles. The van der Waals surface area contributed by atoms with Gasteiger partial charge in [0.05, 0.1) is 0 Å². The molecule has 1 unspecified atom stereocenters. The van der Waals surface area contributed by atoms with E-state index in [4.69, 9.17) is 4.74 Å². The normalized spacial score (nSPS) is 12.1. The summed E-state index contributed by atoms with van der Waals surface area (Å²) in [6, 6.07) is 11.0. The van der Waals surface area contributed by atoms with Crippen molar-refractivity contribution in [1.82, 2.24) is 5.32 Å². The zero-order valence-electron chi connectivity index (χ0n) is 11.0. The van der Waals surface area contributed by atoms with Crippen LogP contribution in [0.3, 0.4) is 0 Å². The molecule has 2 N–H and O–H groups in total. The van der Waals surface area contributed by atoms with Gasteiger partial charge in [-0.3, -0.25) is 4.79 Å². The summed E-state index contributed by atoms with van der Waals surface area (Å²) in [5, 5.41) is 14.5. The SMILES string of the molecule is CCNC(=O)C(C)Oc1cc2ccccc2cc1O.